The number of aliphatic carboxylic acids is 1. The summed E-state index contributed by atoms with van der Waals surface area (Å²) in [5, 5.41) is 9.23. The summed E-state index contributed by atoms with van der Waals surface area (Å²) in [7, 11) is 0. The first-order chi connectivity index (χ1) is 22.6. The quantitative estimate of drug-likeness (QED) is 0.173. The van der Waals surface area contributed by atoms with Crippen molar-refractivity contribution in [3.05, 3.63) is 83.7 Å². The molecule has 3 aromatic rings. The number of alkyl halides is 3. The number of carboxylic acid groups (broad SMARTS) is 1. The molecule has 3 rings (SSSR count). The largest absolute Gasteiger partial charge is 0.481 e. The van der Waals surface area contributed by atoms with Crippen LogP contribution in [0.4, 0.5) is 22.0 Å². The van der Waals surface area contributed by atoms with Gasteiger partial charge in [-0.15, -0.1) is 0 Å². The zero-order chi connectivity index (χ0) is 37.5. The molecule has 272 valence electrons. The van der Waals surface area contributed by atoms with Crippen molar-refractivity contribution >= 4 is 29.4 Å². The summed E-state index contributed by atoms with van der Waals surface area (Å²) in [4.78, 5) is 36.2. The minimum absolute atomic E-state index is 0.123. The zero-order valence-electron chi connectivity index (χ0n) is 29.1. The lowest BCUT2D eigenvalue weighted by Crippen LogP contribution is -2.44. The first-order valence-electron chi connectivity index (χ1n) is 15.7. The van der Waals surface area contributed by atoms with Gasteiger partial charge in [0, 0.05) is 48.8 Å². The molecule has 0 unspecified atom stereocenters. The lowest BCUT2D eigenvalue weighted by molar-refractivity contribution is -0.140. The highest BCUT2D eigenvalue weighted by molar-refractivity contribution is 7.99. The van der Waals surface area contributed by atoms with Crippen LogP contribution in [-0.2, 0) is 20.9 Å². The number of hydrogen-bond acceptors (Lipinski definition) is 5. The summed E-state index contributed by atoms with van der Waals surface area (Å²) in [6.07, 6.45) is -1.60. The van der Waals surface area contributed by atoms with E-state index < -0.39 is 41.2 Å². The van der Waals surface area contributed by atoms with Crippen LogP contribution >= 0.6 is 11.8 Å². The summed E-state index contributed by atoms with van der Waals surface area (Å²) in [5.41, 5.74) is 7.91. The van der Waals surface area contributed by atoms with Gasteiger partial charge in [-0.1, -0.05) is 58.0 Å². The van der Waals surface area contributed by atoms with Crippen LogP contribution in [0.2, 0.25) is 0 Å². The highest BCUT2D eigenvalue weighted by Crippen LogP contribution is 2.41. The van der Waals surface area contributed by atoms with Gasteiger partial charge in [-0.05, 0) is 62.1 Å². The van der Waals surface area contributed by atoms with Crippen molar-refractivity contribution in [2.75, 3.05) is 24.6 Å². The third kappa shape index (κ3) is 16.5. The number of nitrogens with zero attached hydrogens (tertiary/aromatic N) is 2. The molecule has 3 N–H and O–H groups in total. The molecule has 0 aliphatic rings. The smallest absolute Gasteiger partial charge is 0.386 e. The number of thioether (sulfide) groups is 1. The van der Waals surface area contributed by atoms with Gasteiger partial charge in [0.15, 0.2) is 0 Å². The van der Waals surface area contributed by atoms with Crippen LogP contribution in [0.3, 0.4) is 0 Å². The average Bonchev–Trinajstić information content (AvgIpc) is 3.37. The molecule has 0 spiro atoms. The van der Waals surface area contributed by atoms with Gasteiger partial charge in [0.2, 0.25) is 5.91 Å². The Morgan fingerprint density at radius 3 is 2.06 bits per heavy atom. The first kappa shape index (κ1) is 43.3. The number of amides is 1. The van der Waals surface area contributed by atoms with E-state index in [2.05, 4.69) is 0 Å². The van der Waals surface area contributed by atoms with E-state index in [4.69, 9.17) is 5.73 Å². The molecule has 7 nitrogen and oxygen atoms in total. The second kappa shape index (κ2) is 20.1. The fourth-order valence-corrected chi connectivity index (χ4v) is 5.70. The molecule has 0 aliphatic heterocycles. The number of Topliss-reactive ketones (excluding diaryl/α,β-unsaturated/α-hetero) is 1. The number of benzene rings is 2. The molecule has 0 bridgehead atoms. The minimum atomic E-state index is -4.00. The molecule has 0 aliphatic carbocycles. The van der Waals surface area contributed by atoms with Crippen LogP contribution < -0.4 is 5.73 Å². The van der Waals surface area contributed by atoms with Gasteiger partial charge >= 0.3 is 12.1 Å². The van der Waals surface area contributed by atoms with Gasteiger partial charge in [-0.3, -0.25) is 9.59 Å². The monoisotopic (exact) mass is 713 g/mol. The zero-order valence-corrected chi connectivity index (χ0v) is 29.9. The SMILES string of the molecule is CC(C)=O.CC(F)(F)F.C[C@@H](CSCC(=O)N(CCCN)[C@@H](c1cc(-c2cc(F)ccc2F)cn1Cc1ccccc1)C(C)(C)C)C(=O)O. The molecule has 1 amide bonds. The molecular formula is C36H48F5N3O4S. The Morgan fingerprint density at radius 1 is 0.980 bits per heavy atom. The van der Waals surface area contributed by atoms with Crippen LogP contribution in [-0.4, -0.2) is 63.0 Å². The molecule has 1 aromatic heterocycles. The molecule has 1 heterocycles. The predicted molar refractivity (Wildman–Crippen MR) is 185 cm³/mol. The molecule has 2 aromatic carbocycles. The summed E-state index contributed by atoms with van der Waals surface area (Å²) in [6, 6.07) is 14.6. The Hall–Kier alpha value is -3.71. The third-order valence-electron chi connectivity index (χ3n) is 6.72. The van der Waals surface area contributed by atoms with Crippen LogP contribution in [0.5, 0.6) is 0 Å². The van der Waals surface area contributed by atoms with Crippen molar-refractivity contribution in [3.63, 3.8) is 0 Å². The van der Waals surface area contributed by atoms with E-state index in [0.717, 1.165) is 23.4 Å². The van der Waals surface area contributed by atoms with Gasteiger partial charge in [0.25, 0.3) is 0 Å². The molecule has 13 heteroatoms. The maximum Gasteiger partial charge on any atom is 0.386 e. The molecule has 0 saturated heterocycles. The van der Waals surface area contributed by atoms with Gasteiger partial charge in [0.05, 0.1) is 17.7 Å². The van der Waals surface area contributed by atoms with E-state index in [-0.39, 0.29) is 29.9 Å². The molecule has 0 fully saturated rings. The van der Waals surface area contributed by atoms with Crippen LogP contribution in [0.15, 0.2) is 60.8 Å². The molecule has 0 radical (unpaired) electrons. The Balaban J connectivity index is 0.00000118. The van der Waals surface area contributed by atoms with Crippen molar-refractivity contribution in [2.24, 2.45) is 17.1 Å². The Kier molecular flexibility index (Phi) is 17.8. The minimum Gasteiger partial charge on any atom is -0.481 e. The third-order valence-corrected chi connectivity index (χ3v) is 7.90. The molecular weight excluding hydrogens is 665 g/mol. The number of halogens is 5. The standard InChI is InChI=1S/C31H39F2N3O3S.C3H6O.C2H3F3/c1-21(30(38)39)19-40-20-28(37)36(14-8-13-34)29(31(2,3)4)27-15-23(25-16-24(32)11-12-26(25)33)18-35(27)17-22-9-6-5-7-10-22;1-3(2)4;1-2(3,4)5/h5-7,9-12,15-16,18,21,29H,8,13-14,17,19-20,34H2,1-4H3,(H,38,39);1-2H3;1H3/t21-,29-;;/m0../s1. The lowest BCUT2D eigenvalue weighted by atomic mass is 9.83. The maximum absolute atomic E-state index is 14.9. The van der Waals surface area contributed by atoms with Gasteiger partial charge < -0.3 is 25.1 Å². The van der Waals surface area contributed by atoms with Crippen LogP contribution in [0, 0.1) is 23.0 Å². The van der Waals surface area contributed by atoms with Gasteiger partial charge in [-0.25, -0.2) is 8.78 Å². The Bertz CT molecular complexity index is 1480. The fraction of sp³-hybridized carbons (Fsp3) is 0.472. The number of ketones is 1. The summed E-state index contributed by atoms with van der Waals surface area (Å²) < 4.78 is 62.1. The molecule has 49 heavy (non-hydrogen) atoms. The van der Waals surface area contributed by atoms with E-state index in [9.17, 15) is 41.4 Å². The maximum atomic E-state index is 14.9. The van der Waals surface area contributed by atoms with Crippen molar-refractivity contribution in [1.82, 2.24) is 9.47 Å². The number of rotatable bonds is 13. The Labute approximate surface area is 290 Å². The van der Waals surface area contributed by atoms with Crippen molar-refractivity contribution < 1.29 is 41.4 Å². The van der Waals surface area contributed by atoms with Crippen LogP contribution in [0.1, 0.15) is 72.2 Å². The van der Waals surface area contributed by atoms with Crippen LogP contribution in [0.25, 0.3) is 11.1 Å². The van der Waals surface area contributed by atoms with Gasteiger partial charge in [-0.2, -0.15) is 24.9 Å². The normalized spacial score (nSPS) is 12.5. The van der Waals surface area contributed by atoms with Crippen molar-refractivity contribution in [2.45, 2.75) is 73.6 Å². The number of nitrogens with two attached hydrogens (primary N) is 1. The van der Waals surface area contributed by atoms with Crippen molar-refractivity contribution in [3.8, 4) is 11.1 Å². The summed E-state index contributed by atoms with van der Waals surface area (Å²) in [6.45, 7) is 12.3. The fourth-order valence-electron chi connectivity index (χ4n) is 4.75. The van der Waals surface area contributed by atoms with E-state index in [1.165, 1.54) is 31.7 Å². The molecule has 0 saturated carbocycles. The van der Waals surface area contributed by atoms with E-state index in [0.29, 0.717) is 37.4 Å². The lowest BCUT2D eigenvalue weighted by Gasteiger charge is -2.41. The Morgan fingerprint density at radius 2 is 1.55 bits per heavy atom. The average molecular weight is 714 g/mol. The van der Waals surface area contributed by atoms with E-state index in [1.807, 2.05) is 72.8 Å². The van der Waals surface area contributed by atoms with E-state index >= 15 is 0 Å². The van der Waals surface area contributed by atoms with E-state index in [1.54, 1.807) is 6.92 Å². The summed E-state index contributed by atoms with van der Waals surface area (Å²) in [5.74, 6) is -2.05. The molecule has 2 atom stereocenters. The first-order valence-corrected chi connectivity index (χ1v) is 16.8. The summed E-state index contributed by atoms with van der Waals surface area (Å²) >= 11 is 1.29. The second-order valence-electron chi connectivity index (χ2n) is 12.8. The number of carbonyl (C=O) groups is 3. The predicted octanol–water partition coefficient (Wildman–Crippen LogP) is 8.36. The van der Waals surface area contributed by atoms with Gasteiger partial charge in [0.1, 0.15) is 17.4 Å². The highest BCUT2D eigenvalue weighted by Gasteiger charge is 2.37. The highest BCUT2D eigenvalue weighted by atomic mass is 32.2. The second-order valence-corrected chi connectivity index (χ2v) is 13.9. The number of aromatic nitrogens is 1. The van der Waals surface area contributed by atoms with Crippen molar-refractivity contribution in [1.29, 1.82) is 0 Å². The number of carboxylic acids is 1. The number of carbonyl (C=O) groups excluding carboxylic acids is 2. The number of hydrogen-bond donors (Lipinski definition) is 2. The topological polar surface area (TPSA) is 106 Å².